The van der Waals surface area contributed by atoms with Crippen LogP contribution in [0.5, 0.6) is 0 Å². The number of guanidine groups is 1. The van der Waals surface area contributed by atoms with Crippen molar-refractivity contribution in [1.29, 1.82) is 0 Å². The van der Waals surface area contributed by atoms with E-state index in [4.69, 9.17) is 4.74 Å². The second-order valence-electron chi connectivity index (χ2n) is 6.64. The van der Waals surface area contributed by atoms with Gasteiger partial charge in [0.05, 0.1) is 0 Å². The largest absolute Gasteiger partial charge is 0.381 e. The molecule has 1 rings (SSSR count). The first kappa shape index (κ1) is 25.6. The van der Waals surface area contributed by atoms with E-state index in [1.165, 1.54) is 12.5 Å². The van der Waals surface area contributed by atoms with Gasteiger partial charge in [-0.2, -0.15) is 0 Å². The van der Waals surface area contributed by atoms with Crippen LogP contribution in [0.25, 0.3) is 0 Å². The lowest BCUT2D eigenvalue weighted by Gasteiger charge is -2.12. The molecule has 1 aromatic rings. The van der Waals surface area contributed by atoms with Crippen LogP contribution in [0.3, 0.4) is 0 Å². The Labute approximate surface area is 181 Å². The average Bonchev–Trinajstić information content (AvgIpc) is 2.58. The molecule has 0 fully saturated rings. The van der Waals surface area contributed by atoms with Crippen LogP contribution < -0.4 is 16.0 Å². The molecule has 0 saturated heterocycles. The highest BCUT2D eigenvalue weighted by Crippen LogP contribution is 2.09. The molecule has 0 aliphatic rings. The van der Waals surface area contributed by atoms with Crippen LogP contribution in [0.4, 0.5) is 5.69 Å². The van der Waals surface area contributed by atoms with Crippen molar-refractivity contribution in [2.24, 2.45) is 10.9 Å². The van der Waals surface area contributed by atoms with Gasteiger partial charge < -0.3 is 20.7 Å². The number of nitrogens with zero attached hydrogens (tertiary/aromatic N) is 1. The average molecular weight is 490 g/mol. The fraction of sp³-hybridized carbons (Fsp3) is 0.600. The van der Waals surface area contributed by atoms with Gasteiger partial charge in [-0.25, -0.2) is 0 Å². The predicted octanol–water partition coefficient (Wildman–Crippen LogP) is 3.42. The molecule has 0 aliphatic carbocycles. The number of aliphatic imine (C=N–C) groups is 1. The Kier molecular flexibility index (Phi) is 14.9. The third-order valence-corrected chi connectivity index (χ3v) is 3.49. The van der Waals surface area contributed by atoms with Crippen LogP contribution in [0.2, 0.25) is 0 Å². The Morgan fingerprint density at radius 3 is 2.48 bits per heavy atom. The summed E-state index contributed by atoms with van der Waals surface area (Å²) < 4.78 is 5.57. The van der Waals surface area contributed by atoms with Crippen molar-refractivity contribution in [1.82, 2.24) is 10.6 Å². The summed E-state index contributed by atoms with van der Waals surface area (Å²) in [6.07, 6.45) is 1.82. The Morgan fingerprint density at radius 2 is 1.89 bits per heavy atom. The number of carbonyl (C=O) groups excluding carboxylic acids is 1. The lowest BCUT2D eigenvalue weighted by Crippen LogP contribution is -2.38. The number of hydrogen-bond donors (Lipinski definition) is 3. The standard InChI is InChI=1S/C20H34N4O2.HI/c1-5-21-20(22-12-6-14-26-15-16(2)3)23-13-11-18-7-9-19(10-8-18)24-17(4)25;/h7-10,16H,5-6,11-15H2,1-4H3,(H,24,25)(H2,21,22,23);1H. The Balaban J connectivity index is 0.00000676. The minimum absolute atomic E-state index is 0. The van der Waals surface area contributed by atoms with Gasteiger partial charge in [-0.1, -0.05) is 26.0 Å². The van der Waals surface area contributed by atoms with Crippen molar-refractivity contribution in [2.75, 3.05) is 38.2 Å². The summed E-state index contributed by atoms with van der Waals surface area (Å²) in [7, 11) is 0. The number of benzene rings is 1. The van der Waals surface area contributed by atoms with Crippen LogP contribution in [0.1, 0.15) is 39.7 Å². The minimum atomic E-state index is -0.0551. The summed E-state index contributed by atoms with van der Waals surface area (Å²) in [5.41, 5.74) is 2.04. The van der Waals surface area contributed by atoms with E-state index in [1.54, 1.807) is 0 Å². The molecule has 7 heteroatoms. The molecule has 0 heterocycles. The molecule has 27 heavy (non-hydrogen) atoms. The molecule has 3 N–H and O–H groups in total. The fourth-order valence-electron chi connectivity index (χ4n) is 2.30. The number of rotatable bonds is 11. The van der Waals surface area contributed by atoms with E-state index < -0.39 is 0 Å². The van der Waals surface area contributed by atoms with Crippen LogP contribution >= 0.6 is 24.0 Å². The van der Waals surface area contributed by atoms with Gasteiger partial charge in [-0.3, -0.25) is 9.79 Å². The normalized spacial score (nSPS) is 11.1. The van der Waals surface area contributed by atoms with E-state index in [0.29, 0.717) is 5.92 Å². The first-order chi connectivity index (χ1) is 12.5. The number of carbonyl (C=O) groups is 1. The van der Waals surface area contributed by atoms with Gasteiger partial charge in [0.2, 0.25) is 5.91 Å². The van der Waals surface area contributed by atoms with Gasteiger partial charge in [0.25, 0.3) is 0 Å². The van der Waals surface area contributed by atoms with Crippen molar-refractivity contribution >= 4 is 41.5 Å². The molecule has 0 aromatic heterocycles. The summed E-state index contributed by atoms with van der Waals surface area (Å²) in [4.78, 5) is 15.6. The van der Waals surface area contributed by atoms with Crippen molar-refractivity contribution in [3.05, 3.63) is 29.8 Å². The molecular formula is C20H35IN4O2. The molecular weight excluding hydrogens is 455 g/mol. The highest BCUT2D eigenvalue weighted by molar-refractivity contribution is 14.0. The highest BCUT2D eigenvalue weighted by atomic mass is 127. The molecule has 6 nitrogen and oxygen atoms in total. The van der Waals surface area contributed by atoms with Crippen molar-refractivity contribution in [3.8, 4) is 0 Å². The summed E-state index contributed by atoms with van der Waals surface area (Å²) in [6, 6.07) is 7.91. The number of halogens is 1. The highest BCUT2D eigenvalue weighted by Gasteiger charge is 2.00. The van der Waals surface area contributed by atoms with Crippen LogP contribution in [0, 0.1) is 5.92 Å². The van der Waals surface area contributed by atoms with Crippen LogP contribution in [-0.4, -0.2) is 44.7 Å². The van der Waals surface area contributed by atoms with E-state index in [2.05, 4.69) is 41.7 Å². The van der Waals surface area contributed by atoms with Crippen molar-refractivity contribution in [3.63, 3.8) is 0 Å². The Bertz CT molecular complexity index is 547. The zero-order valence-corrected chi connectivity index (χ0v) is 19.3. The number of amides is 1. The first-order valence-electron chi connectivity index (χ1n) is 9.47. The molecule has 0 unspecified atom stereocenters. The predicted molar refractivity (Wildman–Crippen MR) is 124 cm³/mol. The Morgan fingerprint density at radius 1 is 1.19 bits per heavy atom. The zero-order valence-electron chi connectivity index (χ0n) is 17.0. The molecule has 0 bridgehead atoms. The Hall–Kier alpha value is -1.35. The lowest BCUT2D eigenvalue weighted by atomic mass is 10.1. The summed E-state index contributed by atoms with van der Waals surface area (Å²) in [6.45, 7) is 11.8. The van der Waals surface area contributed by atoms with Gasteiger partial charge in [-0.05, 0) is 43.4 Å². The molecule has 0 atom stereocenters. The summed E-state index contributed by atoms with van der Waals surface area (Å²) >= 11 is 0. The third-order valence-electron chi connectivity index (χ3n) is 3.49. The number of anilines is 1. The SMILES string of the molecule is CCNC(=NCCCOCC(C)C)NCCc1ccc(NC(C)=O)cc1.I. The molecule has 154 valence electrons. The van der Waals surface area contributed by atoms with E-state index in [0.717, 1.165) is 57.3 Å². The molecule has 0 saturated carbocycles. The molecule has 0 aliphatic heterocycles. The second-order valence-corrected chi connectivity index (χ2v) is 6.64. The quantitative estimate of drug-likeness (QED) is 0.192. The van der Waals surface area contributed by atoms with Crippen LogP contribution in [0.15, 0.2) is 29.3 Å². The number of ether oxygens (including phenoxy) is 1. The molecule has 0 radical (unpaired) electrons. The third kappa shape index (κ3) is 13.5. The fourth-order valence-corrected chi connectivity index (χ4v) is 2.30. The monoisotopic (exact) mass is 490 g/mol. The first-order valence-corrected chi connectivity index (χ1v) is 9.47. The van der Waals surface area contributed by atoms with Gasteiger partial charge in [0.1, 0.15) is 0 Å². The zero-order chi connectivity index (χ0) is 19.2. The molecule has 0 spiro atoms. The van der Waals surface area contributed by atoms with Gasteiger partial charge >= 0.3 is 0 Å². The van der Waals surface area contributed by atoms with E-state index in [1.807, 2.05) is 24.3 Å². The van der Waals surface area contributed by atoms with E-state index >= 15 is 0 Å². The van der Waals surface area contributed by atoms with Crippen molar-refractivity contribution < 1.29 is 9.53 Å². The maximum absolute atomic E-state index is 11.0. The summed E-state index contributed by atoms with van der Waals surface area (Å²) in [5, 5.41) is 9.39. The smallest absolute Gasteiger partial charge is 0.221 e. The van der Waals surface area contributed by atoms with Crippen LogP contribution in [-0.2, 0) is 16.0 Å². The molecule has 1 aromatic carbocycles. The van der Waals surface area contributed by atoms with E-state index in [9.17, 15) is 4.79 Å². The maximum Gasteiger partial charge on any atom is 0.221 e. The minimum Gasteiger partial charge on any atom is -0.381 e. The van der Waals surface area contributed by atoms with Gasteiger partial charge in [0, 0.05) is 45.5 Å². The van der Waals surface area contributed by atoms with Gasteiger partial charge in [-0.15, -0.1) is 24.0 Å². The van der Waals surface area contributed by atoms with Gasteiger partial charge in [0.15, 0.2) is 5.96 Å². The number of hydrogen-bond acceptors (Lipinski definition) is 3. The maximum atomic E-state index is 11.0. The topological polar surface area (TPSA) is 74.8 Å². The lowest BCUT2D eigenvalue weighted by molar-refractivity contribution is -0.114. The van der Waals surface area contributed by atoms with Crippen molar-refractivity contribution in [2.45, 2.75) is 40.5 Å². The molecule has 1 amide bonds. The van der Waals surface area contributed by atoms with E-state index in [-0.39, 0.29) is 29.9 Å². The summed E-state index contributed by atoms with van der Waals surface area (Å²) in [5.74, 6) is 1.36. The number of nitrogens with one attached hydrogen (secondary N) is 3. The second kappa shape index (κ2) is 15.7.